The zero-order chi connectivity index (χ0) is 14.0. The predicted molar refractivity (Wildman–Crippen MR) is 81.2 cm³/mol. The monoisotopic (exact) mass is 328 g/mol. The third-order valence-corrected chi connectivity index (χ3v) is 5.53. The van der Waals surface area contributed by atoms with Crippen LogP contribution >= 0.6 is 15.9 Å². The lowest BCUT2D eigenvalue weighted by Gasteiger charge is -2.36. The summed E-state index contributed by atoms with van der Waals surface area (Å²) in [6.45, 7) is 4.36. The van der Waals surface area contributed by atoms with E-state index in [1.54, 1.807) is 0 Å². The molecule has 0 amide bonds. The second-order valence-corrected chi connectivity index (χ2v) is 6.73. The van der Waals surface area contributed by atoms with Gasteiger partial charge in [-0.1, -0.05) is 20.3 Å². The first-order chi connectivity index (χ1) is 8.99. The van der Waals surface area contributed by atoms with Gasteiger partial charge < -0.3 is 5.11 Å². The van der Waals surface area contributed by atoms with Crippen molar-refractivity contribution in [2.24, 2.45) is 13.0 Å². The van der Waals surface area contributed by atoms with Gasteiger partial charge >= 0.3 is 0 Å². The van der Waals surface area contributed by atoms with E-state index in [1.807, 2.05) is 11.7 Å². The predicted octanol–water partition coefficient (Wildman–Crippen LogP) is 3.62. The maximum absolute atomic E-state index is 10.8. The van der Waals surface area contributed by atoms with Gasteiger partial charge in [0, 0.05) is 13.5 Å². The van der Waals surface area contributed by atoms with Crippen LogP contribution in [0.4, 0.5) is 0 Å². The molecule has 0 saturated heterocycles. The van der Waals surface area contributed by atoms with Gasteiger partial charge in [0.25, 0.3) is 0 Å². The lowest BCUT2D eigenvalue weighted by Crippen LogP contribution is -2.36. The van der Waals surface area contributed by atoms with Crippen molar-refractivity contribution in [1.82, 2.24) is 9.78 Å². The summed E-state index contributed by atoms with van der Waals surface area (Å²) in [5, 5.41) is 15.3. The summed E-state index contributed by atoms with van der Waals surface area (Å²) in [4.78, 5) is 0. The molecule has 0 unspecified atom stereocenters. The molecule has 3 nitrogen and oxygen atoms in total. The molecule has 1 saturated carbocycles. The number of aryl methyl sites for hydroxylation is 2. The molecule has 2 rings (SSSR count). The van der Waals surface area contributed by atoms with Crippen molar-refractivity contribution < 1.29 is 5.11 Å². The molecular formula is C15H25BrN2O. The van der Waals surface area contributed by atoms with Crippen LogP contribution < -0.4 is 0 Å². The van der Waals surface area contributed by atoms with Gasteiger partial charge in [0.1, 0.15) is 0 Å². The quantitative estimate of drug-likeness (QED) is 0.916. The van der Waals surface area contributed by atoms with Gasteiger partial charge in [-0.15, -0.1) is 0 Å². The summed E-state index contributed by atoms with van der Waals surface area (Å²) in [6.07, 6.45) is 7.03. The zero-order valence-corrected chi connectivity index (χ0v) is 13.8. The van der Waals surface area contributed by atoms with Gasteiger partial charge in [-0.2, -0.15) is 5.10 Å². The standard InChI is InChI=1S/C15H25BrN2O/c1-4-11-6-8-15(19,9-7-11)10-13-14(16)12(5-2)17-18(13)3/h11,19H,4-10H2,1-3H3. The maximum atomic E-state index is 10.8. The molecule has 19 heavy (non-hydrogen) atoms. The molecule has 0 radical (unpaired) electrons. The summed E-state index contributed by atoms with van der Waals surface area (Å²) in [5.74, 6) is 0.807. The van der Waals surface area contributed by atoms with Gasteiger partial charge in [0.15, 0.2) is 0 Å². The molecule has 0 aromatic carbocycles. The minimum atomic E-state index is -0.535. The Morgan fingerprint density at radius 2 is 2.00 bits per heavy atom. The summed E-state index contributed by atoms with van der Waals surface area (Å²) < 4.78 is 3.01. The lowest BCUT2D eigenvalue weighted by molar-refractivity contribution is -0.0108. The third-order valence-electron chi connectivity index (χ3n) is 4.61. The van der Waals surface area contributed by atoms with Crippen molar-refractivity contribution in [3.05, 3.63) is 15.9 Å². The lowest BCUT2D eigenvalue weighted by atomic mass is 9.76. The second-order valence-electron chi connectivity index (χ2n) is 5.94. The Balaban J connectivity index is 2.11. The highest BCUT2D eigenvalue weighted by atomic mass is 79.9. The first kappa shape index (κ1) is 15.0. The average Bonchev–Trinajstić information content (AvgIpc) is 2.67. The van der Waals surface area contributed by atoms with E-state index in [-0.39, 0.29) is 0 Å². The molecule has 0 spiro atoms. The Morgan fingerprint density at radius 1 is 1.37 bits per heavy atom. The van der Waals surface area contributed by atoms with Gasteiger partial charge in [0.2, 0.25) is 0 Å². The van der Waals surface area contributed by atoms with E-state index in [1.165, 1.54) is 6.42 Å². The van der Waals surface area contributed by atoms with E-state index in [4.69, 9.17) is 0 Å². The van der Waals surface area contributed by atoms with Crippen molar-refractivity contribution in [2.45, 2.75) is 64.4 Å². The van der Waals surface area contributed by atoms with E-state index in [9.17, 15) is 5.11 Å². The number of hydrogen-bond donors (Lipinski definition) is 1. The number of rotatable bonds is 4. The van der Waals surface area contributed by atoms with Gasteiger partial charge in [-0.25, -0.2) is 0 Å². The van der Waals surface area contributed by atoms with Gasteiger partial charge in [-0.05, 0) is 54.0 Å². The molecule has 1 N–H and O–H groups in total. The van der Waals surface area contributed by atoms with E-state index >= 15 is 0 Å². The Kier molecular flexibility index (Phi) is 4.72. The van der Waals surface area contributed by atoms with Crippen molar-refractivity contribution in [3.63, 3.8) is 0 Å². The first-order valence-electron chi connectivity index (χ1n) is 7.41. The van der Waals surface area contributed by atoms with Gasteiger partial charge in [-0.3, -0.25) is 4.68 Å². The van der Waals surface area contributed by atoms with Crippen LogP contribution in [0.2, 0.25) is 0 Å². The van der Waals surface area contributed by atoms with Crippen LogP contribution in [0, 0.1) is 5.92 Å². The van der Waals surface area contributed by atoms with Crippen molar-refractivity contribution >= 4 is 15.9 Å². The summed E-state index contributed by atoms with van der Waals surface area (Å²) >= 11 is 3.64. The number of hydrogen-bond acceptors (Lipinski definition) is 2. The smallest absolute Gasteiger partial charge is 0.0766 e. The molecule has 1 aromatic rings. The van der Waals surface area contributed by atoms with Crippen molar-refractivity contribution in [3.8, 4) is 0 Å². The number of aliphatic hydroxyl groups is 1. The normalized spacial score (nSPS) is 27.7. The van der Waals surface area contributed by atoms with E-state index in [0.29, 0.717) is 6.42 Å². The molecule has 1 fully saturated rings. The molecule has 0 atom stereocenters. The molecule has 1 aromatic heterocycles. The van der Waals surface area contributed by atoms with Crippen LogP contribution in [0.1, 0.15) is 57.3 Å². The Labute approximate surface area is 124 Å². The molecule has 0 bridgehead atoms. The molecule has 0 aliphatic heterocycles. The third kappa shape index (κ3) is 3.22. The SMILES string of the molecule is CCc1nn(C)c(CC2(O)CCC(CC)CC2)c1Br. The zero-order valence-electron chi connectivity index (χ0n) is 12.2. The minimum absolute atomic E-state index is 0.535. The van der Waals surface area contributed by atoms with Crippen molar-refractivity contribution in [2.75, 3.05) is 0 Å². The Bertz CT molecular complexity index is 434. The maximum Gasteiger partial charge on any atom is 0.0766 e. The van der Waals surface area contributed by atoms with E-state index in [0.717, 1.165) is 53.9 Å². The number of nitrogens with zero attached hydrogens (tertiary/aromatic N) is 2. The van der Waals surface area contributed by atoms with Crippen LogP contribution in [0.15, 0.2) is 4.47 Å². The fourth-order valence-electron chi connectivity index (χ4n) is 3.12. The highest BCUT2D eigenvalue weighted by molar-refractivity contribution is 9.10. The van der Waals surface area contributed by atoms with E-state index in [2.05, 4.69) is 34.9 Å². The largest absolute Gasteiger partial charge is 0.389 e. The topological polar surface area (TPSA) is 38.0 Å². The second kappa shape index (κ2) is 5.96. The summed E-state index contributed by atoms with van der Waals surface area (Å²) in [5.41, 5.74) is 1.69. The van der Waals surface area contributed by atoms with Crippen LogP contribution in [-0.2, 0) is 19.9 Å². The van der Waals surface area contributed by atoms with Crippen molar-refractivity contribution in [1.29, 1.82) is 0 Å². The average molecular weight is 329 g/mol. The number of halogens is 1. The molecule has 1 aliphatic rings. The highest BCUT2D eigenvalue weighted by Gasteiger charge is 2.34. The van der Waals surface area contributed by atoms with Crippen LogP contribution in [0.5, 0.6) is 0 Å². The first-order valence-corrected chi connectivity index (χ1v) is 8.21. The fourth-order valence-corrected chi connectivity index (χ4v) is 3.88. The number of aromatic nitrogens is 2. The molecule has 1 aliphatic carbocycles. The summed E-state index contributed by atoms with van der Waals surface area (Å²) in [6, 6.07) is 0. The Hall–Kier alpha value is -0.350. The van der Waals surface area contributed by atoms with Crippen LogP contribution in [0.25, 0.3) is 0 Å². The fraction of sp³-hybridized carbons (Fsp3) is 0.800. The summed E-state index contributed by atoms with van der Waals surface area (Å²) in [7, 11) is 1.97. The highest BCUT2D eigenvalue weighted by Crippen LogP contribution is 2.37. The van der Waals surface area contributed by atoms with Crippen LogP contribution in [0.3, 0.4) is 0 Å². The van der Waals surface area contributed by atoms with Crippen LogP contribution in [-0.4, -0.2) is 20.5 Å². The molecule has 1 heterocycles. The van der Waals surface area contributed by atoms with E-state index < -0.39 is 5.60 Å². The minimum Gasteiger partial charge on any atom is -0.389 e. The molecule has 108 valence electrons. The van der Waals surface area contributed by atoms with Gasteiger partial charge in [0.05, 0.1) is 21.5 Å². The Morgan fingerprint density at radius 3 is 2.47 bits per heavy atom. The molecular weight excluding hydrogens is 304 g/mol. The molecule has 4 heteroatoms.